The van der Waals surface area contributed by atoms with Crippen molar-refractivity contribution in [3.63, 3.8) is 0 Å². The second-order valence-electron chi connectivity index (χ2n) is 10.2. The van der Waals surface area contributed by atoms with Gasteiger partial charge < -0.3 is 20.4 Å². The summed E-state index contributed by atoms with van der Waals surface area (Å²) >= 11 is 6.67. The zero-order valence-electron chi connectivity index (χ0n) is 22.6. The second-order valence-corrected chi connectivity index (χ2v) is 10.7. The monoisotopic (exact) mass is 557 g/mol. The molecule has 3 aromatic carbocycles. The van der Waals surface area contributed by atoms with Gasteiger partial charge in [-0.2, -0.15) is 5.10 Å². The number of nitrogens with zero attached hydrogens (tertiary/aromatic N) is 4. The van der Waals surface area contributed by atoms with Gasteiger partial charge in [-0.25, -0.2) is 4.98 Å². The summed E-state index contributed by atoms with van der Waals surface area (Å²) in [6, 6.07) is 18.3. The number of amides is 1. The van der Waals surface area contributed by atoms with Crippen LogP contribution in [0.3, 0.4) is 0 Å². The van der Waals surface area contributed by atoms with Gasteiger partial charge >= 0.3 is 0 Å². The van der Waals surface area contributed by atoms with E-state index in [-0.39, 0.29) is 12.5 Å². The number of anilines is 1. The Morgan fingerprint density at radius 1 is 1.12 bits per heavy atom. The Bertz CT molecular complexity index is 1650. The number of carbonyl (C=O) groups is 1. The maximum atomic E-state index is 11.4. The lowest BCUT2D eigenvalue weighted by Crippen LogP contribution is -2.38. The van der Waals surface area contributed by atoms with Crippen LogP contribution in [0.1, 0.15) is 18.4 Å². The number of likely N-dealkylation sites (tertiary alicyclic amines) is 1. The van der Waals surface area contributed by atoms with E-state index in [1.807, 2.05) is 54.3 Å². The predicted molar refractivity (Wildman–Crippen MR) is 159 cm³/mol. The number of ether oxygens (including phenoxy) is 1. The molecule has 0 spiro atoms. The van der Waals surface area contributed by atoms with Crippen molar-refractivity contribution in [2.24, 2.45) is 7.05 Å². The number of benzene rings is 3. The van der Waals surface area contributed by atoms with Gasteiger partial charge in [0.25, 0.3) is 5.91 Å². The summed E-state index contributed by atoms with van der Waals surface area (Å²) in [5, 5.41) is 12.4. The number of fused-ring (bicyclic) bond motifs is 2. The van der Waals surface area contributed by atoms with E-state index in [9.17, 15) is 4.79 Å². The highest BCUT2D eigenvalue weighted by atomic mass is 35.5. The van der Waals surface area contributed by atoms with E-state index in [4.69, 9.17) is 21.3 Å². The van der Waals surface area contributed by atoms with Crippen molar-refractivity contribution in [1.29, 1.82) is 0 Å². The highest BCUT2D eigenvalue weighted by Crippen LogP contribution is 2.34. The Balaban J connectivity index is 1.11. The molecule has 0 atom stereocenters. The Kier molecular flexibility index (Phi) is 7.32. The fraction of sp³-hybridized carbons (Fsp3) is 0.300. The molecule has 6 rings (SSSR count). The molecule has 5 aromatic rings. The third-order valence-electron chi connectivity index (χ3n) is 7.53. The number of rotatable bonds is 8. The van der Waals surface area contributed by atoms with Crippen LogP contribution in [0.5, 0.6) is 5.75 Å². The molecule has 40 heavy (non-hydrogen) atoms. The van der Waals surface area contributed by atoms with Crippen molar-refractivity contribution in [3.8, 4) is 17.1 Å². The maximum absolute atomic E-state index is 11.4. The molecule has 3 heterocycles. The van der Waals surface area contributed by atoms with Gasteiger partial charge in [0.2, 0.25) is 0 Å². The first-order chi connectivity index (χ1) is 19.5. The number of halogens is 1. The summed E-state index contributed by atoms with van der Waals surface area (Å²) in [7, 11) is 3.56. The number of aromatic amines is 1. The van der Waals surface area contributed by atoms with E-state index in [0.717, 1.165) is 66.1 Å². The number of carbonyl (C=O) groups excluding carboxylic acids is 1. The molecule has 1 saturated heterocycles. The highest BCUT2D eigenvalue weighted by Gasteiger charge is 2.22. The molecule has 0 radical (unpaired) electrons. The normalized spacial score (nSPS) is 14.6. The lowest BCUT2D eigenvalue weighted by molar-refractivity contribution is -0.122. The van der Waals surface area contributed by atoms with Crippen LogP contribution in [-0.2, 0) is 18.4 Å². The van der Waals surface area contributed by atoms with Gasteiger partial charge in [-0.05, 0) is 66.9 Å². The van der Waals surface area contributed by atoms with Gasteiger partial charge in [-0.3, -0.25) is 14.4 Å². The number of hydrogen-bond donors (Lipinski definition) is 3. The topological polar surface area (TPSA) is 100 Å². The van der Waals surface area contributed by atoms with Gasteiger partial charge in [0.1, 0.15) is 17.1 Å². The standard InChI is InChI=1S/C30H32ClN7O2/c1-32-27(39)18-40-23-6-4-20(5-7-23)30-35-25-9-8-24(31)28(29(25)36-30)34-22-11-13-38(14-12-22)17-19-3-10-26-21(15-19)16-33-37(26)2/h3-10,15-16,22,34H,11-14,17-18H2,1-2H3,(H,32,39)(H,35,36). The summed E-state index contributed by atoms with van der Waals surface area (Å²) in [5.41, 5.74) is 6.01. The molecule has 0 bridgehead atoms. The summed E-state index contributed by atoms with van der Waals surface area (Å²) in [4.78, 5) is 22.3. The Morgan fingerprint density at radius 2 is 1.93 bits per heavy atom. The Labute approximate surface area is 237 Å². The molecule has 9 nitrogen and oxygen atoms in total. The van der Waals surface area contributed by atoms with E-state index in [1.54, 1.807) is 7.05 Å². The summed E-state index contributed by atoms with van der Waals surface area (Å²) in [5.74, 6) is 1.20. The summed E-state index contributed by atoms with van der Waals surface area (Å²) in [6.45, 7) is 2.94. The van der Waals surface area contributed by atoms with Gasteiger partial charge in [0.05, 0.1) is 27.9 Å². The van der Waals surface area contributed by atoms with Crippen LogP contribution in [-0.4, -0.2) is 63.3 Å². The van der Waals surface area contributed by atoms with Crippen molar-refractivity contribution in [2.45, 2.75) is 25.4 Å². The number of nitrogens with one attached hydrogen (secondary N) is 3. The van der Waals surface area contributed by atoms with Crippen molar-refractivity contribution in [3.05, 3.63) is 71.4 Å². The fourth-order valence-electron chi connectivity index (χ4n) is 5.26. The van der Waals surface area contributed by atoms with Gasteiger partial charge in [0.15, 0.2) is 6.61 Å². The number of hydrogen-bond acceptors (Lipinski definition) is 6. The van der Waals surface area contributed by atoms with E-state index in [0.29, 0.717) is 16.8 Å². The first-order valence-corrected chi connectivity index (χ1v) is 13.9. The largest absolute Gasteiger partial charge is 0.484 e. The minimum absolute atomic E-state index is 0.0197. The predicted octanol–water partition coefficient (Wildman–Crippen LogP) is 4.97. The molecule has 2 aromatic heterocycles. The van der Waals surface area contributed by atoms with E-state index >= 15 is 0 Å². The first-order valence-electron chi connectivity index (χ1n) is 13.5. The molecule has 1 aliphatic rings. The van der Waals surface area contributed by atoms with Crippen molar-refractivity contribution in [1.82, 2.24) is 30.0 Å². The molecule has 10 heteroatoms. The number of piperidine rings is 1. The van der Waals surface area contributed by atoms with Crippen LogP contribution in [0.25, 0.3) is 33.3 Å². The van der Waals surface area contributed by atoms with Crippen LogP contribution < -0.4 is 15.4 Å². The minimum Gasteiger partial charge on any atom is -0.484 e. The second kappa shape index (κ2) is 11.2. The average molecular weight is 558 g/mol. The average Bonchev–Trinajstić information content (AvgIpc) is 3.58. The highest BCUT2D eigenvalue weighted by molar-refractivity contribution is 6.34. The number of H-pyrrole nitrogens is 1. The summed E-state index contributed by atoms with van der Waals surface area (Å²) < 4.78 is 7.42. The number of imidazole rings is 1. The zero-order chi connectivity index (χ0) is 27.6. The molecule has 3 N–H and O–H groups in total. The van der Waals surface area contributed by atoms with Crippen LogP contribution in [0.15, 0.2) is 60.8 Å². The molecule has 1 aliphatic heterocycles. The van der Waals surface area contributed by atoms with E-state index < -0.39 is 0 Å². The molecule has 1 fully saturated rings. The Hall–Kier alpha value is -4.08. The first kappa shape index (κ1) is 26.2. The number of likely N-dealkylation sites (N-methyl/N-ethyl adjacent to an activating group) is 1. The molecule has 1 amide bonds. The van der Waals surface area contributed by atoms with Gasteiger partial charge in [0, 0.05) is 50.7 Å². The smallest absolute Gasteiger partial charge is 0.257 e. The zero-order valence-corrected chi connectivity index (χ0v) is 23.3. The maximum Gasteiger partial charge on any atom is 0.257 e. The lowest BCUT2D eigenvalue weighted by atomic mass is 10.0. The molecule has 0 unspecified atom stereocenters. The van der Waals surface area contributed by atoms with Gasteiger partial charge in [-0.15, -0.1) is 0 Å². The summed E-state index contributed by atoms with van der Waals surface area (Å²) in [6.07, 6.45) is 3.98. The molecule has 206 valence electrons. The number of aromatic nitrogens is 4. The lowest BCUT2D eigenvalue weighted by Gasteiger charge is -2.33. The number of aryl methyl sites for hydroxylation is 1. The van der Waals surface area contributed by atoms with Crippen molar-refractivity contribution < 1.29 is 9.53 Å². The SMILES string of the molecule is CNC(=O)COc1ccc(-c2nc3c(NC4CCN(Cc5ccc6c(cnn6C)c5)CC4)c(Cl)ccc3[nH]2)cc1. The molecular formula is C30H32ClN7O2. The Morgan fingerprint density at radius 3 is 2.70 bits per heavy atom. The fourth-order valence-corrected chi connectivity index (χ4v) is 5.47. The van der Waals surface area contributed by atoms with Crippen molar-refractivity contribution in [2.75, 3.05) is 32.1 Å². The van der Waals surface area contributed by atoms with Crippen LogP contribution in [0, 0.1) is 0 Å². The van der Waals surface area contributed by atoms with Crippen LogP contribution in [0.4, 0.5) is 5.69 Å². The minimum atomic E-state index is -0.174. The molecule has 0 aliphatic carbocycles. The molecule has 0 saturated carbocycles. The quantitative estimate of drug-likeness (QED) is 0.249. The van der Waals surface area contributed by atoms with E-state index in [2.05, 4.69) is 43.8 Å². The van der Waals surface area contributed by atoms with Gasteiger partial charge in [-0.1, -0.05) is 17.7 Å². The van der Waals surface area contributed by atoms with Crippen molar-refractivity contribution >= 4 is 45.1 Å². The van der Waals surface area contributed by atoms with E-state index in [1.165, 1.54) is 10.9 Å². The van der Waals surface area contributed by atoms with Crippen LogP contribution in [0.2, 0.25) is 5.02 Å². The third-order valence-corrected chi connectivity index (χ3v) is 7.85. The molecular weight excluding hydrogens is 526 g/mol. The van der Waals surface area contributed by atoms with Crippen LogP contribution >= 0.6 is 11.6 Å². The third kappa shape index (κ3) is 5.48.